The van der Waals surface area contributed by atoms with E-state index in [1.807, 2.05) is 12.1 Å². The first kappa shape index (κ1) is 15.5. The van der Waals surface area contributed by atoms with Crippen LogP contribution >= 0.6 is 27.5 Å². The van der Waals surface area contributed by atoms with Crippen molar-refractivity contribution in [2.24, 2.45) is 0 Å². The second-order valence-electron chi connectivity index (χ2n) is 4.74. The molecule has 3 nitrogen and oxygen atoms in total. The van der Waals surface area contributed by atoms with E-state index in [-0.39, 0.29) is 11.4 Å². The van der Waals surface area contributed by atoms with Gasteiger partial charge in [0.15, 0.2) is 0 Å². The molecule has 1 aromatic heterocycles. The van der Waals surface area contributed by atoms with E-state index in [2.05, 4.69) is 32.8 Å². The van der Waals surface area contributed by atoms with Gasteiger partial charge in [-0.15, -0.1) is 0 Å². The lowest BCUT2D eigenvalue weighted by Crippen LogP contribution is -2.03. The number of aromatic nitrogens is 2. The molecule has 0 spiro atoms. The summed E-state index contributed by atoms with van der Waals surface area (Å²) in [5.41, 5.74) is 3.06. The van der Waals surface area contributed by atoms with Crippen molar-refractivity contribution >= 4 is 27.5 Å². The molecule has 0 aliphatic rings. The number of alkyl halides is 1. The zero-order valence-corrected chi connectivity index (χ0v) is 13.7. The fraction of sp³-hybridized carbons (Fsp3) is 0.400. The molecule has 1 unspecified atom stereocenters. The van der Waals surface area contributed by atoms with Crippen molar-refractivity contribution in [3.05, 3.63) is 52.1 Å². The highest BCUT2D eigenvalue weighted by atomic mass is 79.9. The fourth-order valence-electron chi connectivity index (χ4n) is 2.18. The van der Waals surface area contributed by atoms with Crippen LogP contribution in [0.4, 0.5) is 0 Å². The smallest absolute Gasteiger partial charge is 0.124 e. The summed E-state index contributed by atoms with van der Waals surface area (Å²) in [5.74, 6) is 0.856. The number of halogens is 2. The number of hydrogen-bond donors (Lipinski definition) is 2. The molecule has 108 valence electrons. The molecule has 1 atom stereocenters. The lowest BCUT2D eigenvalue weighted by atomic mass is 9.97. The molecule has 0 bridgehead atoms. The highest BCUT2D eigenvalue weighted by Crippen LogP contribution is 2.34. The molecular weight excluding hydrogens is 340 g/mol. The Balaban J connectivity index is 2.42. The van der Waals surface area contributed by atoms with Crippen molar-refractivity contribution in [1.82, 2.24) is 9.97 Å². The number of H-pyrrole nitrogens is 1. The van der Waals surface area contributed by atoms with E-state index in [0.29, 0.717) is 5.02 Å². The average molecular weight is 358 g/mol. The molecule has 0 amide bonds. The number of hydrogen-bond acceptors (Lipinski definition) is 2. The van der Waals surface area contributed by atoms with Crippen LogP contribution in [0.15, 0.2) is 24.5 Å². The van der Waals surface area contributed by atoms with Gasteiger partial charge in [-0.2, -0.15) is 0 Å². The number of aromatic amines is 1. The zero-order chi connectivity index (χ0) is 14.5. The van der Waals surface area contributed by atoms with E-state index < -0.39 is 0 Å². The van der Waals surface area contributed by atoms with Crippen LogP contribution in [0.3, 0.4) is 0 Å². The summed E-state index contributed by atoms with van der Waals surface area (Å²) < 4.78 is 0. The van der Waals surface area contributed by atoms with Gasteiger partial charge in [0, 0.05) is 17.4 Å². The number of benzene rings is 1. The minimum absolute atomic E-state index is 0.0214. The monoisotopic (exact) mass is 356 g/mol. The Kier molecular flexibility index (Phi) is 5.64. The van der Waals surface area contributed by atoms with E-state index in [1.54, 1.807) is 12.4 Å². The van der Waals surface area contributed by atoms with Crippen LogP contribution < -0.4 is 0 Å². The minimum atomic E-state index is -0.0578. The molecule has 0 fully saturated rings. The largest absolute Gasteiger partial charge is 0.392 e. The van der Waals surface area contributed by atoms with Gasteiger partial charge in [-0.05, 0) is 35.6 Å². The van der Waals surface area contributed by atoms with Crippen LogP contribution in [-0.4, -0.2) is 15.1 Å². The summed E-state index contributed by atoms with van der Waals surface area (Å²) in [4.78, 5) is 7.39. The first-order valence-electron chi connectivity index (χ1n) is 6.72. The van der Waals surface area contributed by atoms with Gasteiger partial charge >= 0.3 is 0 Å². The molecule has 0 saturated carbocycles. The number of rotatable bonds is 6. The molecule has 2 aromatic rings. The maximum atomic E-state index is 9.40. The zero-order valence-electron chi connectivity index (χ0n) is 11.4. The Hall–Kier alpha value is -0.840. The van der Waals surface area contributed by atoms with Crippen LogP contribution in [0.5, 0.6) is 0 Å². The SMILES string of the molecule is CCCCc1cc(Cl)c(CO)cc1C(Br)c1ncc[nH]1. The van der Waals surface area contributed by atoms with Crippen LogP contribution in [-0.2, 0) is 13.0 Å². The Labute approximate surface area is 132 Å². The lowest BCUT2D eigenvalue weighted by molar-refractivity contribution is 0.282. The van der Waals surface area contributed by atoms with Gasteiger partial charge in [0.2, 0.25) is 0 Å². The highest BCUT2D eigenvalue weighted by molar-refractivity contribution is 9.09. The Morgan fingerprint density at radius 1 is 1.40 bits per heavy atom. The van der Waals surface area contributed by atoms with Crippen LogP contribution in [0, 0.1) is 0 Å². The molecule has 1 heterocycles. The summed E-state index contributed by atoms with van der Waals surface area (Å²) in [6, 6.07) is 3.94. The molecule has 0 aliphatic heterocycles. The number of nitrogens with one attached hydrogen (secondary N) is 1. The van der Waals surface area contributed by atoms with E-state index in [0.717, 1.165) is 36.2 Å². The van der Waals surface area contributed by atoms with E-state index in [4.69, 9.17) is 11.6 Å². The summed E-state index contributed by atoms with van der Waals surface area (Å²) in [6.07, 6.45) is 6.75. The number of aryl methyl sites for hydroxylation is 1. The first-order valence-corrected chi connectivity index (χ1v) is 8.02. The standard InChI is InChI=1S/C15H18BrClN2O/c1-2-3-4-10-8-13(17)11(9-20)7-12(10)14(16)15-18-5-6-19-15/h5-8,14,20H,2-4,9H2,1H3,(H,18,19). The Morgan fingerprint density at radius 3 is 2.80 bits per heavy atom. The molecule has 5 heteroatoms. The molecule has 0 aliphatic carbocycles. The van der Waals surface area contributed by atoms with Crippen LogP contribution in [0.1, 0.15) is 47.1 Å². The van der Waals surface area contributed by atoms with Gasteiger partial charge in [0.25, 0.3) is 0 Å². The summed E-state index contributed by atoms with van der Waals surface area (Å²) in [6.45, 7) is 2.11. The maximum absolute atomic E-state index is 9.40. The molecular formula is C15H18BrClN2O. The van der Waals surface area contributed by atoms with E-state index >= 15 is 0 Å². The van der Waals surface area contributed by atoms with Crippen molar-refractivity contribution in [2.75, 3.05) is 0 Å². The third-order valence-corrected chi connectivity index (χ3v) is 4.59. The molecule has 1 aromatic carbocycles. The van der Waals surface area contributed by atoms with Crippen LogP contribution in [0.25, 0.3) is 0 Å². The summed E-state index contributed by atoms with van der Waals surface area (Å²) >= 11 is 9.90. The first-order chi connectivity index (χ1) is 9.67. The average Bonchev–Trinajstić information content (AvgIpc) is 2.98. The number of unbranched alkanes of at least 4 members (excludes halogenated alkanes) is 1. The van der Waals surface area contributed by atoms with E-state index in [9.17, 15) is 5.11 Å². The highest BCUT2D eigenvalue weighted by Gasteiger charge is 2.18. The lowest BCUT2D eigenvalue weighted by Gasteiger charge is -2.16. The van der Waals surface area contributed by atoms with Gasteiger partial charge < -0.3 is 10.1 Å². The second-order valence-corrected chi connectivity index (χ2v) is 6.06. The van der Waals surface area contributed by atoms with E-state index in [1.165, 1.54) is 5.56 Å². The predicted octanol–water partition coefficient (Wildman–Crippen LogP) is 4.38. The summed E-state index contributed by atoms with van der Waals surface area (Å²) in [7, 11) is 0. The molecule has 20 heavy (non-hydrogen) atoms. The second kappa shape index (κ2) is 7.25. The number of aliphatic hydroxyl groups is 1. The fourth-order valence-corrected chi connectivity index (χ4v) is 3.11. The molecule has 2 N–H and O–H groups in total. The maximum Gasteiger partial charge on any atom is 0.124 e. The van der Waals surface area contributed by atoms with Crippen molar-refractivity contribution in [3.8, 4) is 0 Å². The van der Waals surface area contributed by atoms with Gasteiger partial charge in [-0.25, -0.2) is 4.98 Å². The normalized spacial score (nSPS) is 12.6. The number of aliphatic hydroxyl groups excluding tert-OH is 1. The summed E-state index contributed by atoms with van der Waals surface area (Å²) in [5, 5.41) is 10.0. The molecule has 2 rings (SSSR count). The van der Waals surface area contributed by atoms with Crippen molar-refractivity contribution in [1.29, 1.82) is 0 Å². The quantitative estimate of drug-likeness (QED) is 0.754. The van der Waals surface area contributed by atoms with Crippen molar-refractivity contribution < 1.29 is 5.11 Å². The third-order valence-electron chi connectivity index (χ3n) is 3.31. The van der Waals surface area contributed by atoms with Gasteiger partial charge in [0.1, 0.15) is 5.82 Å². The Morgan fingerprint density at radius 2 is 2.20 bits per heavy atom. The van der Waals surface area contributed by atoms with Gasteiger partial charge in [-0.1, -0.05) is 46.9 Å². The minimum Gasteiger partial charge on any atom is -0.392 e. The molecule has 0 saturated heterocycles. The Bertz CT molecular complexity index is 557. The van der Waals surface area contributed by atoms with Crippen molar-refractivity contribution in [2.45, 2.75) is 37.6 Å². The van der Waals surface area contributed by atoms with Crippen molar-refractivity contribution in [3.63, 3.8) is 0 Å². The number of nitrogens with zero attached hydrogens (tertiary/aromatic N) is 1. The molecule has 0 radical (unpaired) electrons. The topological polar surface area (TPSA) is 48.9 Å². The predicted molar refractivity (Wildman–Crippen MR) is 85.3 cm³/mol. The van der Waals surface area contributed by atoms with Gasteiger partial charge in [0.05, 0.1) is 11.4 Å². The van der Waals surface area contributed by atoms with Gasteiger partial charge in [-0.3, -0.25) is 0 Å². The third kappa shape index (κ3) is 3.43. The number of imidazole rings is 1. The van der Waals surface area contributed by atoms with Crippen LogP contribution in [0.2, 0.25) is 5.02 Å².